The Balaban J connectivity index is 2.57. The van der Waals surface area contributed by atoms with Crippen LogP contribution in [-0.4, -0.2) is 20.8 Å². The van der Waals surface area contributed by atoms with Gasteiger partial charge >= 0.3 is 0 Å². The summed E-state index contributed by atoms with van der Waals surface area (Å²) in [6.07, 6.45) is 4.98. The molecule has 0 radical (unpaired) electrons. The van der Waals surface area contributed by atoms with Gasteiger partial charge in [0.2, 0.25) is 6.41 Å². The lowest BCUT2D eigenvalue weighted by molar-refractivity contribution is -0.112. The molecule has 11 heavy (non-hydrogen) atoms. The lowest BCUT2D eigenvalue weighted by Crippen LogP contribution is -2.17. The van der Waals surface area contributed by atoms with E-state index >= 15 is 0 Å². The molecule has 0 saturated heterocycles. The molecule has 0 bridgehead atoms. The Hall–Kier alpha value is -1.30. The van der Waals surface area contributed by atoms with Crippen molar-refractivity contribution in [1.82, 2.24) is 14.4 Å². The van der Waals surface area contributed by atoms with Crippen molar-refractivity contribution in [2.24, 2.45) is 0 Å². The van der Waals surface area contributed by atoms with E-state index in [-0.39, 0.29) is 0 Å². The molecular formula is C5H6N4OS. The highest BCUT2D eigenvalue weighted by molar-refractivity contribution is 7.78. The normalized spacial score (nSPS) is 8.82. The lowest BCUT2D eigenvalue weighted by Gasteiger charge is -2.10. The van der Waals surface area contributed by atoms with Gasteiger partial charge in [-0.3, -0.25) is 10.2 Å². The van der Waals surface area contributed by atoms with E-state index in [1.807, 2.05) is 0 Å². The van der Waals surface area contributed by atoms with Gasteiger partial charge in [0.15, 0.2) is 0 Å². The van der Waals surface area contributed by atoms with Crippen molar-refractivity contribution >= 4 is 24.9 Å². The molecule has 6 heteroatoms. The van der Waals surface area contributed by atoms with Crippen molar-refractivity contribution in [2.45, 2.75) is 0 Å². The van der Waals surface area contributed by atoms with Gasteiger partial charge in [-0.15, -0.1) is 0 Å². The molecule has 1 N–H and O–H groups in total. The quantitative estimate of drug-likeness (QED) is 0.384. The third kappa shape index (κ3) is 2.42. The maximum Gasteiger partial charge on any atom is 0.238 e. The molecule has 0 aliphatic carbocycles. The van der Waals surface area contributed by atoms with Gasteiger partial charge in [-0.25, -0.2) is 14.4 Å². The van der Waals surface area contributed by atoms with Crippen LogP contribution in [0.15, 0.2) is 18.7 Å². The Morgan fingerprint density at radius 1 is 1.55 bits per heavy atom. The molecule has 1 amide bonds. The average Bonchev–Trinajstić information content (AvgIpc) is 2.06. The predicted molar refractivity (Wildman–Crippen MR) is 42.5 cm³/mol. The molecule has 0 aliphatic heterocycles. The minimum Gasteiger partial charge on any atom is -0.283 e. The van der Waals surface area contributed by atoms with Crippen LogP contribution < -0.4 is 5.43 Å². The van der Waals surface area contributed by atoms with Crippen LogP contribution in [0.1, 0.15) is 0 Å². The number of anilines is 1. The van der Waals surface area contributed by atoms with Crippen LogP contribution in [0.3, 0.4) is 0 Å². The number of aromatic nitrogens is 2. The molecule has 0 aromatic carbocycles. The third-order valence-corrected chi connectivity index (χ3v) is 1.10. The lowest BCUT2D eigenvalue weighted by atomic mass is 10.6. The van der Waals surface area contributed by atoms with Crippen LogP contribution in [0.25, 0.3) is 0 Å². The molecule has 0 spiro atoms. The molecule has 5 nitrogen and oxygen atoms in total. The molecule has 1 rings (SSSR count). The monoisotopic (exact) mass is 170 g/mol. The summed E-state index contributed by atoms with van der Waals surface area (Å²) in [5, 5.41) is 0. The highest BCUT2D eigenvalue weighted by Crippen LogP contribution is 2.01. The number of hydrazine groups is 1. The molecule has 0 saturated carbocycles. The van der Waals surface area contributed by atoms with Gasteiger partial charge < -0.3 is 0 Å². The van der Waals surface area contributed by atoms with E-state index in [0.717, 1.165) is 4.41 Å². The number of thiol groups is 1. The number of nitrogens with zero attached hydrogens (tertiary/aromatic N) is 3. The first-order chi connectivity index (χ1) is 5.33. The summed E-state index contributed by atoms with van der Waals surface area (Å²) in [6.45, 7) is 0. The summed E-state index contributed by atoms with van der Waals surface area (Å²) < 4.78 is 0.971. The largest absolute Gasteiger partial charge is 0.283 e. The fraction of sp³-hybridized carbons (Fsp3) is 0. The number of carbonyl (C=O) groups excluding carboxylic acids is 1. The number of rotatable bonds is 3. The van der Waals surface area contributed by atoms with Gasteiger partial charge in [0.25, 0.3) is 0 Å². The first kappa shape index (κ1) is 7.80. The molecule has 0 atom stereocenters. The van der Waals surface area contributed by atoms with E-state index < -0.39 is 0 Å². The summed E-state index contributed by atoms with van der Waals surface area (Å²) >= 11 is 3.74. The van der Waals surface area contributed by atoms with Gasteiger partial charge in [0.05, 0.1) is 18.1 Å². The molecule has 0 aliphatic rings. The SMILES string of the molecule is O=CN(S)Nc1cncnc1. The van der Waals surface area contributed by atoms with Crippen molar-refractivity contribution in [3.63, 3.8) is 0 Å². The van der Waals surface area contributed by atoms with Crippen molar-refractivity contribution < 1.29 is 4.79 Å². The Morgan fingerprint density at radius 2 is 2.18 bits per heavy atom. The Kier molecular flexibility index (Phi) is 2.67. The average molecular weight is 170 g/mol. The molecule has 0 fully saturated rings. The van der Waals surface area contributed by atoms with E-state index in [2.05, 4.69) is 28.2 Å². The van der Waals surface area contributed by atoms with Gasteiger partial charge in [0, 0.05) is 0 Å². The minimum absolute atomic E-state index is 0.524. The zero-order valence-corrected chi connectivity index (χ0v) is 6.40. The van der Waals surface area contributed by atoms with E-state index in [1.165, 1.54) is 18.7 Å². The Bertz CT molecular complexity index is 229. The summed E-state index contributed by atoms with van der Waals surface area (Å²) in [5.74, 6) is 0. The van der Waals surface area contributed by atoms with Crippen LogP contribution in [0, 0.1) is 0 Å². The van der Waals surface area contributed by atoms with Crippen LogP contribution in [0.5, 0.6) is 0 Å². The van der Waals surface area contributed by atoms with Gasteiger partial charge in [-0.05, 0) is 12.8 Å². The Morgan fingerprint density at radius 3 is 2.73 bits per heavy atom. The van der Waals surface area contributed by atoms with E-state index in [0.29, 0.717) is 12.1 Å². The van der Waals surface area contributed by atoms with Crippen LogP contribution >= 0.6 is 12.8 Å². The summed E-state index contributed by atoms with van der Waals surface area (Å²) in [7, 11) is 0. The maximum absolute atomic E-state index is 10.1. The van der Waals surface area contributed by atoms with Crippen molar-refractivity contribution in [2.75, 3.05) is 5.43 Å². The van der Waals surface area contributed by atoms with Gasteiger partial charge in [-0.2, -0.15) is 0 Å². The summed E-state index contributed by atoms with van der Waals surface area (Å²) in [5.41, 5.74) is 3.20. The number of hydrogen-bond donors (Lipinski definition) is 2. The fourth-order valence-corrected chi connectivity index (χ4v) is 0.631. The zero-order chi connectivity index (χ0) is 8.10. The molecule has 1 heterocycles. The van der Waals surface area contributed by atoms with Crippen molar-refractivity contribution in [3.05, 3.63) is 18.7 Å². The molecular weight excluding hydrogens is 164 g/mol. The summed E-state index contributed by atoms with van der Waals surface area (Å²) in [6, 6.07) is 0. The summed E-state index contributed by atoms with van der Waals surface area (Å²) in [4.78, 5) is 17.5. The standard InChI is InChI=1S/C5H6N4OS/c10-4-9(11)8-5-1-6-3-7-2-5/h1-4,8,11H. The Labute approximate surface area is 69.0 Å². The number of hydrogen-bond acceptors (Lipinski definition) is 5. The first-order valence-electron chi connectivity index (χ1n) is 2.78. The minimum atomic E-state index is 0.524. The predicted octanol–water partition coefficient (Wildman–Crippen LogP) is 0.107. The van der Waals surface area contributed by atoms with E-state index in [4.69, 9.17) is 0 Å². The zero-order valence-electron chi connectivity index (χ0n) is 5.51. The van der Waals surface area contributed by atoms with Crippen molar-refractivity contribution in [3.8, 4) is 0 Å². The molecule has 58 valence electrons. The second kappa shape index (κ2) is 3.77. The smallest absolute Gasteiger partial charge is 0.238 e. The third-order valence-electron chi connectivity index (χ3n) is 0.904. The van der Waals surface area contributed by atoms with Crippen LogP contribution in [0.2, 0.25) is 0 Å². The van der Waals surface area contributed by atoms with Gasteiger partial charge in [0.1, 0.15) is 6.33 Å². The highest BCUT2D eigenvalue weighted by Gasteiger charge is 1.93. The topological polar surface area (TPSA) is 58.1 Å². The van der Waals surface area contributed by atoms with E-state index in [1.54, 1.807) is 0 Å². The number of nitrogens with one attached hydrogen (secondary N) is 1. The van der Waals surface area contributed by atoms with Crippen LogP contribution in [0.4, 0.5) is 5.69 Å². The van der Waals surface area contributed by atoms with Gasteiger partial charge in [-0.1, -0.05) is 0 Å². The second-order valence-corrected chi connectivity index (χ2v) is 2.12. The maximum atomic E-state index is 10.1. The molecule has 0 unspecified atom stereocenters. The molecule has 1 aromatic heterocycles. The molecule has 1 aromatic rings. The number of carbonyl (C=O) groups is 1. The highest BCUT2D eigenvalue weighted by atomic mass is 32.1. The van der Waals surface area contributed by atoms with E-state index in [9.17, 15) is 4.79 Å². The van der Waals surface area contributed by atoms with Crippen molar-refractivity contribution in [1.29, 1.82) is 0 Å². The van der Waals surface area contributed by atoms with Crippen LogP contribution in [-0.2, 0) is 4.79 Å². The first-order valence-corrected chi connectivity index (χ1v) is 3.18. The number of amides is 1. The second-order valence-electron chi connectivity index (χ2n) is 1.69. The fourth-order valence-electron chi connectivity index (χ4n) is 0.515.